The quantitative estimate of drug-likeness (QED) is 0.344. The minimum absolute atomic E-state index is 0.269. The molecule has 4 nitrogen and oxygen atoms in total. The summed E-state index contributed by atoms with van der Waals surface area (Å²) in [5, 5.41) is 4.94. The maximum atomic E-state index is 9.75. The standard InChI is InChI=1S/C22H30N3O.BF4/c1-13-9-14(2)18(15(3)10-13)25-12-24-17(23-25)11-26-20-19(24)16-7-8-22(20,6)21(16,4)5;2-1(3,4)5/h9-10,12,16,19-20H,7-8,11H2,1-6H3;/q+1;-1/t16?,19?,20?,22-;/m0./s1. The zero-order chi connectivity index (χ0) is 22.9. The van der Waals surface area contributed by atoms with Gasteiger partial charge in [-0.1, -0.05) is 43.1 Å². The number of halogens is 4. The van der Waals surface area contributed by atoms with Gasteiger partial charge in [-0.15, -0.1) is 0 Å². The number of benzene rings is 1. The molecule has 2 saturated carbocycles. The molecule has 3 unspecified atom stereocenters. The van der Waals surface area contributed by atoms with Crippen molar-refractivity contribution in [1.82, 2.24) is 9.78 Å². The van der Waals surface area contributed by atoms with Gasteiger partial charge in [-0.25, -0.2) is 4.57 Å². The Morgan fingerprint density at radius 2 is 1.68 bits per heavy atom. The Morgan fingerprint density at radius 3 is 2.26 bits per heavy atom. The van der Waals surface area contributed by atoms with Crippen LogP contribution < -0.4 is 4.57 Å². The average Bonchev–Trinajstić information content (AvgIpc) is 3.17. The summed E-state index contributed by atoms with van der Waals surface area (Å²) in [6.07, 6.45) is 5.13. The lowest BCUT2D eigenvalue weighted by atomic mass is 9.70. The number of fused-ring (bicyclic) bond motifs is 7. The second kappa shape index (κ2) is 7.05. The normalized spacial score (nSPS) is 30.5. The molecule has 2 aromatic rings. The van der Waals surface area contributed by atoms with E-state index in [4.69, 9.17) is 9.84 Å². The first kappa shape index (κ1) is 22.3. The summed E-state index contributed by atoms with van der Waals surface area (Å²) >= 11 is 0. The third-order valence-electron chi connectivity index (χ3n) is 8.06. The van der Waals surface area contributed by atoms with Crippen molar-refractivity contribution < 1.29 is 26.6 Å². The SMILES string of the molecule is Cc1cc(C)c(-n2c[n+]3c(n2)COC2C3C3CC[C@]2(C)C3(C)C)c(C)c1.F[B-](F)(F)F. The van der Waals surface area contributed by atoms with Crippen LogP contribution in [0.4, 0.5) is 17.3 Å². The fourth-order valence-electron chi connectivity index (χ4n) is 6.42. The number of nitrogens with zero attached hydrogens (tertiary/aromatic N) is 3. The summed E-state index contributed by atoms with van der Waals surface area (Å²) < 4.78 is 50.0. The van der Waals surface area contributed by atoms with Crippen molar-refractivity contribution in [3.63, 3.8) is 0 Å². The predicted octanol–water partition coefficient (Wildman–Crippen LogP) is 5.28. The van der Waals surface area contributed by atoms with Crippen LogP contribution in [-0.4, -0.2) is 23.1 Å². The van der Waals surface area contributed by atoms with Gasteiger partial charge in [0.05, 0.1) is 6.10 Å². The monoisotopic (exact) mass is 439 g/mol. The van der Waals surface area contributed by atoms with Gasteiger partial charge in [-0.2, -0.15) is 0 Å². The van der Waals surface area contributed by atoms with E-state index in [1.165, 1.54) is 35.2 Å². The molecule has 3 aliphatic rings. The number of hydrogen-bond acceptors (Lipinski definition) is 2. The van der Waals surface area contributed by atoms with E-state index < -0.39 is 7.25 Å². The van der Waals surface area contributed by atoms with Gasteiger partial charge in [0, 0.05) is 16.4 Å². The maximum absolute atomic E-state index is 9.75. The summed E-state index contributed by atoms with van der Waals surface area (Å²) in [5.74, 6) is 1.73. The summed E-state index contributed by atoms with van der Waals surface area (Å²) in [6.45, 7) is 14.5. The lowest BCUT2D eigenvalue weighted by Gasteiger charge is -2.40. The average molecular weight is 439 g/mol. The number of hydrogen-bond donors (Lipinski definition) is 0. The molecule has 0 N–H and O–H groups in total. The van der Waals surface area contributed by atoms with Crippen LogP contribution in [0, 0.1) is 37.5 Å². The molecule has 2 fully saturated rings. The zero-order valence-electron chi connectivity index (χ0n) is 18.9. The molecule has 1 aromatic heterocycles. The van der Waals surface area contributed by atoms with Gasteiger partial charge in [0.2, 0.25) is 6.33 Å². The third kappa shape index (κ3) is 3.49. The largest absolute Gasteiger partial charge is 0.673 e. The molecular formula is C22H30BF4N3O. The Morgan fingerprint density at radius 1 is 1.10 bits per heavy atom. The van der Waals surface area contributed by atoms with E-state index in [1.54, 1.807) is 0 Å². The number of ether oxygens (including phenoxy) is 1. The molecule has 0 saturated heterocycles. The summed E-state index contributed by atoms with van der Waals surface area (Å²) in [5.41, 5.74) is 5.66. The van der Waals surface area contributed by atoms with Crippen LogP contribution >= 0.6 is 0 Å². The number of aryl methyl sites for hydroxylation is 3. The Labute approximate surface area is 180 Å². The Kier molecular flexibility index (Phi) is 5.07. The molecule has 0 amide bonds. The highest BCUT2D eigenvalue weighted by molar-refractivity contribution is 6.50. The van der Waals surface area contributed by atoms with Gasteiger partial charge in [0.25, 0.3) is 0 Å². The van der Waals surface area contributed by atoms with E-state index in [9.17, 15) is 17.3 Å². The molecule has 2 aliphatic carbocycles. The van der Waals surface area contributed by atoms with Crippen LogP contribution in [0.2, 0.25) is 0 Å². The maximum Gasteiger partial charge on any atom is 0.673 e. The van der Waals surface area contributed by atoms with Gasteiger partial charge in [-0.3, -0.25) is 0 Å². The van der Waals surface area contributed by atoms with Crippen molar-refractivity contribution in [3.8, 4) is 5.69 Å². The fraction of sp³-hybridized carbons (Fsp3) is 0.636. The first-order valence-corrected chi connectivity index (χ1v) is 10.8. The van der Waals surface area contributed by atoms with Crippen molar-refractivity contribution >= 4 is 7.25 Å². The Hall–Kier alpha value is -1.90. The van der Waals surface area contributed by atoms with Gasteiger partial charge >= 0.3 is 13.1 Å². The van der Waals surface area contributed by atoms with Crippen molar-refractivity contribution in [2.24, 2.45) is 16.7 Å². The minimum atomic E-state index is -6.00. The molecule has 1 aromatic carbocycles. The van der Waals surface area contributed by atoms with E-state index in [0.29, 0.717) is 30.1 Å². The van der Waals surface area contributed by atoms with Gasteiger partial charge in [-0.05, 0) is 50.2 Å². The summed E-state index contributed by atoms with van der Waals surface area (Å²) in [6, 6.07) is 4.91. The van der Waals surface area contributed by atoms with Gasteiger partial charge in [0.1, 0.15) is 18.3 Å². The highest BCUT2D eigenvalue weighted by Gasteiger charge is 2.70. The molecule has 31 heavy (non-hydrogen) atoms. The highest BCUT2D eigenvalue weighted by Crippen LogP contribution is 2.69. The lowest BCUT2D eigenvalue weighted by molar-refractivity contribution is -0.756. The van der Waals surface area contributed by atoms with E-state index in [2.05, 4.69) is 69.3 Å². The predicted molar refractivity (Wildman–Crippen MR) is 110 cm³/mol. The molecule has 9 heteroatoms. The lowest BCUT2D eigenvalue weighted by Crippen LogP contribution is -2.56. The fourth-order valence-corrected chi connectivity index (χ4v) is 6.42. The molecule has 4 atom stereocenters. The van der Waals surface area contributed by atoms with E-state index in [1.807, 2.05) is 0 Å². The summed E-state index contributed by atoms with van der Waals surface area (Å²) in [4.78, 5) is 0. The van der Waals surface area contributed by atoms with E-state index >= 15 is 0 Å². The minimum Gasteiger partial charge on any atom is -0.418 e. The van der Waals surface area contributed by atoms with E-state index in [0.717, 1.165) is 5.82 Å². The summed E-state index contributed by atoms with van der Waals surface area (Å²) in [7, 11) is -6.00. The molecule has 170 valence electrons. The van der Waals surface area contributed by atoms with Crippen LogP contribution in [0.25, 0.3) is 5.69 Å². The smallest absolute Gasteiger partial charge is 0.418 e. The second-order valence-electron chi connectivity index (χ2n) is 10.1. The van der Waals surface area contributed by atoms with Crippen molar-refractivity contribution in [3.05, 3.63) is 41.0 Å². The molecule has 5 rings (SSSR count). The molecule has 2 heterocycles. The first-order chi connectivity index (χ1) is 14.2. The van der Waals surface area contributed by atoms with Crippen LogP contribution in [0.5, 0.6) is 0 Å². The van der Waals surface area contributed by atoms with Crippen LogP contribution in [0.15, 0.2) is 18.5 Å². The van der Waals surface area contributed by atoms with Crippen molar-refractivity contribution in [1.29, 1.82) is 0 Å². The van der Waals surface area contributed by atoms with Crippen molar-refractivity contribution in [2.45, 2.75) is 73.1 Å². The molecule has 0 spiro atoms. The topological polar surface area (TPSA) is 30.9 Å². The van der Waals surface area contributed by atoms with Crippen LogP contribution in [0.1, 0.15) is 62.2 Å². The Balaban J connectivity index is 0.000000418. The molecule has 1 aliphatic heterocycles. The third-order valence-corrected chi connectivity index (χ3v) is 8.06. The highest BCUT2D eigenvalue weighted by atomic mass is 19.5. The van der Waals surface area contributed by atoms with Crippen LogP contribution in [0.3, 0.4) is 0 Å². The number of rotatable bonds is 1. The van der Waals surface area contributed by atoms with E-state index in [-0.39, 0.29) is 5.41 Å². The Bertz CT molecular complexity index is 990. The van der Waals surface area contributed by atoms with Gasteiger partial charge < -0.3 is 22.0 Å². The molecule has 0 radical (unpaired) electrons. The van der Waals surface area contributed by atoms with Gasteiger partial charge in [0.15, 0.2) is 0 Å². The second-order valence-corrected chi connectivity index (χ2v) is 10.1. The molecule has 2 bridgehead atoms. The number of aromatic nitrogens is 3. The van der Waals surface area contributed by atoms with Crippen molar-refractivity contribution in [2.75, 3.05) is 0 Å². The van der Waals surface area contributed by atoms with Crippen LogP contribution in [-0.2, 0) is 11.3 Å². The first-order valence-electron chi connectivity index (χ1n) is 10.8. The molecular weight excluding hydrogens is 409 g/mol. The zero-order valence-corrected chi connectivity index (χ0v) is 18.9.